The van der Waals surface area contributed by atoms with Crippen molar-refractivity contribution in [1.82, 2.24) is 15.3 Å². The Kier molecular flexibility index (Phi) is 4.10. The predicted molar refractivity (Wildman–Crippen MR) is 75.7 cm³/mol. The summed E-state index contributed by atoms with van der Waals surface area (Å²) in [7, 11) is 0. The second kappa shape index (κ2) is 5.78. The van der Waals surface area contributed by atoms with Gasteiger partial charge in [-0.15, -0.1) is 0 Å². The van der Waals surface area contributed by atoms with E-state index in [4.69, 9.17) is 0 Å². The van der Waals surface area contributed by atoms with Crippen molar-refractivity contribution in [2.24, 2.45) is 0 Å². The molecule has 0 atom stereocenters. The Labute approximate surface area is 108 Å². The smallest absolute Gasteiger partial charge is 0.140 e. The molecule has 4 nitrogen and oxygen atoms in total. The first-order valence-electron chi connectivity index (χ1n) is 6.34. The van der Waals surface area contributed by atoms with Crippen LogP contribution in [0.1, 0.15) is 18.2 Å². The third kappa shape index (κ3) is 2.43. The molecule has 1 aromatic heterocycles. The van der Waals surface area contributed by atoms with E-state index in [9.17, 15) is 0 Å². The Morgan fingerprint density at radius 3 is 2.72 bits per heavy atom. The lowest BCUT2D eigenvalue weighted by Gasteiger charge is -2.30. The molecule has 1 fully saturated rings. The second-order valence-electron chi connectivity index (χ2n) is 4.34. The number of anilines is 1. The number of hydrogen-bond acceptors (Lipinski definition) is 4. The first kappa shape index (κ1) is 12.8. The molecule has 2 heterocycles. The maximum absolute atomic E-state index is 4.48. The van der Waals surface area contributed by atoms with E-state index in [-0.39, 0.29) is 0 Å². The minimum absolute atomic E-state index is 0.984. The molecule has 0 amide bonds. The molecule has 0 radical (unpaired) electrons. The van der Waals surface area contributed by atoms with Gasteiger partial charge < -0.3 is 10.2 Å². The minimum Gasteiger partial charge on any atom is -0.353 e. The van der Waals surface area contributed by atoms with Gasteiger partial charge in [0.15, 0.2) is 0 Å². The normalized spacial score (nSPS) is 16.8. The highest BCUT2D eigenvalue weighted by Crippen LogP contribution is 2.27. The van der Waals surface area contributed by atoms with Gasteiger partial charge >= 0.3 is 0 Å². The highest BCUT2D eigenvalue weighted by atomic mass is 15.2. The molecule has 0 aromatic carbocycles. The third-order valence-electron chi connectivity index (χ3n) is 3.25. The third-order valence-corrected chi connectivity index (χ3v) is 3.25. The van der Waals surface area contributed by atoms with Gasteiger partial charge in [-0.05, 0) is 19.4 Å². The SMILES string of the molecule is C=C/C(=C/C)c1c(C)ncnc1N1CCNCC1. The molecule has 4 heteroatoms. The number of nitrogens with one attached hydrogen (secondary N) is 1. The molecule has 1 aliphatic rings. The summed E-state index contributed by atoms with van der Waals surface area (Å²) in [5.41, 5.74) is 3.21. The predicted octanol–water partition coefficient (Wildman–Crippen LogP) is 1.78. The molecule has 2 rings (SSSR count). The van der Waals surface area contributed by atoms with Crippen molar-refractivity contribution in [2.45, 2.75) is 13.8 Å². The molecule has 96 valence electrons. The van der Waals surface area contributed by atoms with Gasteiger partial charge in [-0.2, -0.15) is 0 Å². The summed E-state index contributed by atoms with van der Waals surface area (Å²) in [6, 6.07) is 0. The van der Waals surface area contributed by atoms with E-state index in [1.807, 2.05) is 19.9 Å². The average molecular weight is 244 g/mol. The van der Waals surface area contributed by atoms with Crippen molar-refractivity contribution in [2.75, 3.05) is 31.1 Å². The van der Waals surface area contributed by atoms with Crippen LogP contribution in [0.25, 0.3) is 5.57 Å². The zero-order valence-electron chi connectivity index (χ0n) is 11.1. The lowest BCUT2D eigenvalue weighted by atomic mass is 10.0. The summed E-state index contributed by atoms with van der Waals surface area (Å²) >= 11 is 0. The highest BCUT2D eigenvalue weighted by molar-refractivity contribution is 5.81. The van der Waals surface area contributed by atoms with Gasteiger partial charge in [-0.3, -0.25) is 0 Å². The van der Waals surface area contributed by atoms with Gasteiger partial charge in [-0.1, -0.05) is 18.7 Å². The second-order valence-corrected chi connectivity index (χ2v) is 4.34. The van der Waals surface area contributed by atoms with Crippen molar-refractivity contribution in [3.63, 3.8) is 0 Å². The van der Waals surface area contributed by atoms with Gasteiger partial charge in [0, 0.05) is 31.7 Å². The van der Waals surface area contributed by atoms with Crippen molar-refractivity contribution in [3.8, 4) is 0 Å². The maximum Gasteiger partial charge on any atom is 0.140 e. The Morgan fingerprint density at radius 1 is 1.39 bits per heavy atom. The number of hydrogen-bond donors (Lipinski definition) is 1. The van der Waals surface area contributed by atoms with Gasteiger partial charge in [0.05, 0.1) is 5.69 Å². The first-order valence-corrected chi connectivity index (χ1v) is 6.34. The molecule has 1 N–H and O–H groups in total. The summed E-state index contributed by atoms with van der Waals surface area (Å²) in [6.07, 6.45) is 5.58. The van der Waals surface area contributed by atoms with E-state index in [0.29, 0.717) is 0 Å². The monoisotopic (exact) mass is 244 g/mol. The van der Waals surface area contributed by atoms with E-state index >= 15 is 0 Å². The summed E-state index contributed by atoms with van der Waals surface area (Å²) in [6.45, 7) is 11.9. The van der Waals surface area contributed by atoms with Crippen LogP contribution in [0.3, 0.4) is 0 Å². The number of piperazine rings is 1. The summed E-state index contributed by atoms with van der Waals surface area (Å²) in [5.74, 6) is 1.02. The zero-order valence-corrected chi connectivity index (χ0v) is 11.1. The first-order chi connectivity index (χ1) is 8.77. The van der Waals surface area contributed by atoms with Crippen LogP contribution in [0.4, 0.5) is 5.82 Å². The molecular weight excluding hydrogens is 224 g/mol. The van der Waals surface area contributed by atoms with Crippen LogP contribution in [0.2, 0.25) is 0 Å². The van der Waals surface area contributed by atoms with Crippen molar-refractivity contribution in [3.05, 3.63) is 36.3 Å². The fraction of sp³-hybridized carbons (Fsp3) is 0.429. The van der Waals surface area contributed by atoms with Crippen LogP contribution in [-0.2, 0) is 0 Å². The zero-order chi connectivity index (χ0) is 13.0. The lowest BCUT2D eigenvalue weighted by Crippen LogP contribution is -2.44. The standard InChI is InChI=1S/C14H20N4/c1-4-12(5-2)13-11(3)16-10-17-14(13)18-8-6-15-7-9-18/h4-5,10,15H,1,6-9H2,2-3H3/b12-5-. The van der Waals surface area contributed by atoms with Crippen LogP contribution in [0.5, 0.6) is 0 Å². The molecule has 1 aromatic rings. The van der Waals surface area contributed by atoms with Crippen LogP contribution >= 0.6 is 0 Å². The molecule has 0 saturated carbocycles. The number of aryl methyl sites for hydroxylation is 1. The molecule has 1 aliphatic heterocycles. The summed E-state index contributed by atoms with van der Waals surface area (Å²) in [5, 5.41) is 3.36. The fourth-order valence-electron chi connectivity index (χ4n) is 2.28. The summed E-state index contributed by atoms with van der Waals surface area (Å²) < 4.78 is 0. The minimum atomic E-state index is 0.984. The van der Waals surface area contributed by atoms with Crippen LogP contribution < -0.4 is 10.2 Å². The molecular formula is C14H20N4. The Morgan fingerprint density at radius 2 is 2.11 bits per heavy atom. The van der Waals surface area contributed by atoms with Crippen molar-refractivity contribution in [1.29, 1.82) is 0 Å². The van der Waals surface area contributed by atoms with Crippen LogP contribution in [0, 0.1) is 6.92 Å². The maximum atomic E-state index is 4.48. The Balaban J connectivity index is 2.46. The van der Waals surface area contributed by atoms with E-state index in [0.717, 1.165) is 48.8 Å². The highest BCUT2D eigenvalue weighted by Gasteiger charge is 2.18. The average Bonchev–Trinajstić information content (AvgIpc) is 2.43. The van der Waals surface area contributed by atoms with Gasteiger partial charge in [0.2, 0.25) is 0 Å². The van der Waals surface area contributed by atoms with Gasteiger partial charge in [-0.25, -0.2) is 9.97 Å². The molecule has 0 spiro atoms. The van der Waals surface area contributed by atoms with E-state index in [1.54, 1.807) is 6.33 Å². The van der Waals surface area contributed by atoms with Crippen molar-refractivity contribution >= 4 is 11.4 Å². The molecule has 1 saturated heterocycles. The fourth-order valence-corrected chi connectivity index (χ4v) is 2.28. The van der Waals surface area contributed by atoms with Gasteiger partial charge in [0.1, 0.15) is 12.1 Å². The number of allylic oxidation sites excluding steroid dienone is 3. The quantitative estimate of drug-likeness (QED) is 0.823. The van der Waals surface area contributed by atoms with Crippen LogP contribution in [-0.4, -0.2) is 36.1 Å². The number of nitrogens with zero attached hydrogens (tertiary/aromatic N) is 3. The molecule has 0 bridgehead atoms. The van der Waals surface area contributed by atoms with E-state index in [1.165, 1.54) is 0 Å². The lowest BCUT2D eigenvalue weighted by molar-refractivity contribution is 0.584. The van der Waals surface area contributed by atoms with Gasteiger partial charge in [0.25, 0.3) is 0 Å². The van der Waals surface area contributed by atoms with E-state index < -0.39 is 0 Å². The molecule has 0 unspecified atom stereocenters. The van der Waals surface area contributed by atoms with Crippen LogP contribution in [0.15, 0.2) is 25.1 Å². The number of rotatable bonds is 3. The topological polar surface area (TPSA) is 41.1 Å². The molecule has 0 aliphatic carbocycles. The Hall–Kier alpha value is -1.68. The van der Waals surface area contributed by atoms with Crippen molar-refractivity contribution < 1.29 is 0 Å². The Bertz CT molecular complexity index is 459. The number of aromatic nitrogens is 2. The van der Waals surface area contributed by atoms with E-state index in [2.05, 4.69) is 32.8 Å². The largest absolute Gasteiger partial charge is 0.353 e. The molecule has 18 heavy (non-hydrogen) atoms. The summed E-state index contributed by atoms with van der Waals surface area (Å²) in [4.78, 5) is 11.1.